The zero-order valence-corrected chi connectivity index (χ0v) is 29.8. The molecule has 0 bridgehead atoms. The van der Waals surface area contributed by atoms with E-state index in [0.29, 0.717) is 22.5 Å². The van der Waals surface area contributed by atoms with Crippen LogP contribution in [0, 0.1) is 13.8 Å². The van der Waals surface area contributed by atoms with Crippen LogP contribution in [0.15, 0.2) is 98.9 Å². The molecule has 19 heteroatoms. The smallest absolute Gasteiger partial charge is 0.296 e. The number of benzene rings is 4. The van der Waals surface area contributed by atoms with Crippen LogP contribution in [0.4, 0.5) is 17.1 Å². The molecule has 53 heavy (non-hydrogen) atoms. The van der Waals surface area contributed by atoms with Crippen molar-refractivity contribution in [3.63, 3.8) is 0 Å². The van der Waals surface area contributed by atoms with E-state index < -0.39 is 62.3 Å². The van der Waals surface area contributed by atoms with Crippen molar-refractivity contribution >= 4 is 81.4 Å². The van der Waals surface area contributed by atoms with Gasteiger partial charge in [0.15, 0.2) is 5.71 Å². The number of rotatable bonds is 8. The summed E-state index contributed by atoms with van der Waals surface area (Å²) in [5.74, 6) is -1.57. The average Bonchev–Trinajstić information content (AvgIpc) is 3.06. The molecule has 0 radical (unpaired) electrons. The summed E-state index contributed by atoms with van der Waals surface area (Å²) in [6, 6.07) is 18.0. The van der Waals surface area contributed by atoms with Crippen molar-refractivity contribution < 1.29 is 48.5 Å². The number of nitrogens with two attached hydrogens (primary N) is 1. The topological polar surface area (TPSA) is 272 Å². The Labute approximate surface area is 302 Å². The lowest BCUT2D eigenvalue weighted by molar-refractivity contribution is 0.105. The summed E-state index contributed by atoms with van der Waals surface area (Å²) in [6.45, 7) is 3.49. The van der Waals surface area contributed by atoms with Gasteiger partial charge in [-0.05, 0) is 90.2 Å². The first kappa shape index (κ1) is 36.9. The number of nitrogens with one attached hydrogen (secondary N) is 2. The summed E-state index contributed by atoms with van der Waals surface area (Å²) < 4.78 is 101. The summed E-state index contributed by atoms with van der Waals surface area (Å²) in [4.78, 5) is 24.3. The molecule has 6 rings (SSSR count). The molecule has 272 valence electrons. The minimum absolute atomic E-state index is 0.0701. The Morgan fingerprint density at radius 2 is 1.17 bits per heavy atom. The second kappa shape index (κ2) is 13.3. The Balaban J connectivity index is 1.25. The predicted molar refractivity (Wildman–Crippen MR) is 198 cm³/mol. The number of hydrogen-bond donors (Lipinski definition) is 6. The van der Waals surface area contributed by atoms with Crippen molar-refractivity contribution in [1.29, 1.82) is 0 Å². The lowest BCUT2D eigenvalue weighted by atomic mass is 9.93. The molecule has 0 amide bonds. The summed E-state index contributed by atoms with van der Waals surface area (Å²) >= 11 is 0. The molecule has 0 heterocycles. The number of aryl methyl sites for hydroxylation is 2. The molecule has 4 aromatic carbocycles. The van der Waals surface area contributed by atoms with Gasteiger partial charge in [0.2, 0.25) is 11.6 Å². The zero-order valence-electron chi connectivity index (χ0n) is 27.4. The van der Waals surface area contributed by atoms with Crippen LogP contribution in [0.5, 0.6) is 0 Å². The average molecular weight is 778 g/mol. The molecule has 2 aliphatic carbocycles. The third kappa shape index (κ3) is 7.29. The first-order valence-electron chi connectivity index (χ1n) is 15.1. The normalized spacial score (nSPS) is 16.2. The van der Waals surface area contributed by atoms with E-state index in [1.54, 1.807) is 56.3 Å². The zero-order chi connectivity index (χ0) is 38.6. The van der Waals surface area contributed by atoms with E-state index in [2.05, 4.69) is 21.1 Å². The first-order chi connectivity index (χ1) is 24.7. The standard InChI is InChI=1S/C34H27N5O11S3/c1-17-11-19(7-9-26(17)36-38-28-16-29(52(45,46)47)23-5-3-4-6-24(23)33(28)40)20-8-10-27(18(2)12-20)37-39-32-30(53(48,49)50)14-21-13-22(51(42,43)44)15-25(35)31(21)34(32)41/h3-16,36-37H,35H2,1-2H3,(H,42,43,44)(H,45,46,47)(H,48,49,50)/b38-28+,39-32+. The van der Waals surface area contributed by atoms with Crippen molar-refractivity contribution in [2.24, 2.45) is 10.2 Å². The summed E-state index contributed by atoms with van der Waals surface area (Å²) in [7, 11) is -14.5. The fourth-order valence-corrected chi connectivity index (χ4v) is 7.63. The van der Waals surface area contributed by atoms with E-state index in [9.17, 15) is 48.5 Å². The number of nitrogens with zero attached hydrogens (tertiary/aromatic N) is 2. The first-order valence-corrected chi connectivity index (χ1v) is 19.4. The maximum atomic E-state index is 13.4. The molecule has 0 unspecified atom stereocenters. The molecular formula is C34H27N5O11S3. The highest BCUT2D eigenvalue weighted by atomic mass is 32.2. The number of allylic oxidation sites excluding steroid dienone is 2. The number of hydrazone groups is 2. The number of fused-ring (bicyclic) bond motifs is 2. The summed E-state index contributed by atoms with van der Waals surface area (Å²) in [5, 5.41) is 8.09. The molecule has 0 saturated carbocycles. The number of anilines is 3. The Kier molecular flexibility index (Phi) is 9.27. The Morgan fingerprint density at radius 3 is 1.70 bits per heavy atom. The van der Waals surface area contributed by atoms with Crippen LogP contribution in [-0.2, 0) is 30.4 Å². The second-order valence-corrected chi connectivity index (χ2v) is 16.1. The van der Waals surface area contributed by atoms with Crippen LogP contribution in [0.1, 0.15) is 43.0 Å². The number of ketones is 2. The van der Waals surface area contributed by atoms with Crippen LogP contribution in [0.25, 0.3) is 22.1 Å². The highest BCUT2D eigenvalue weighted by Gasteiger charge is 2.35. The fraction of sp³-hybridized carbons (Fsp3) is 0.0588. The Bertz CT molecular complexity index is 2770. The molecular weight excluding hydrogens is 751 g/mol. The second-order valence-electron chi connectivity index (χ2n) is 11.9. The number of Topliss-reactive ketones (excluding diaryl/α,β-unsaturated/α-hetero) is 2. The van der Waals surface area contributed by atoms with Crippen LogP contribution < -0.4 is 16.6 Å². The van der Waals surface area contributed by atoms with Crippen LogP contribution in [0.2, 0.25) is 0 Å². The van der Waals surface area contributed by atoms with Crippen molar-refractivity contribution in [1.82, 2.24) is 0 Å². The summed E-state index contributed by atoms with van der Waals surface area (Å²) in [5.41, 5.74) is 13.2. The van der Waals surface area contributed by atoms with Crippen molar-refractivity contribution in [3.05, 3.63) is 117 Å². The van der Waals surface area contributed by atoms with Gasteiger partial charge in [-0.2, -0.15) is 35.5 Å². The van der Waals surface area contributed by atoms with Gasteiger partial charge in [-0.25, -0.2) is 0 Å². The van der Waals surface area contributed by atoms with E-state index in [0.717, 1.165) is 35.4 Å². The largest absolute Gasteiger partial charge is 0.398 e. The maximum Gasteiger partial charge on any atom is 0.296 e. The van der Waals surface area contributed by atoms with Gasteiger partial charge in [-0.1, -0.05) is 36.4 Å². The van der Waals surface area contributed by atoms with Crippen LogP contribution in [-0.4, -0.2) is 61.9 Å². The minimum Gasteiger partial charge on any atom is -0.398 e. The monoisotopic (exact) mass is 777 g/mol. The third-order valence-electron chi connectivity index (χ3n) is 8.30. The van der Waals surface area contributed by atoms with Gasteiger partial charge < -0.3 is 5.73 Å². The molecule has 0 fully saturated rings. The van der Waals surface area contributed by atoms with Gasteiger partial charge in [0.05, 0.1) is 21.8 Å². The van der Waals surface area contributed by atoms with Gasteiger partial charge in [0.1, 0.15) is 15.5 Å². The lowest BCUT2D eigenvalue weighted by Gasteiger charge is -2.19. The van der Waals surface area contributed by atoms with E-state index in [4.69, 9.17) is 5.73 Å². The van der Waals surface area contributed by atoms with E-state index in [1.165, 1.54) is 12.1 Å². The van der Waals surface area contributed by atoms with E-state index in [-0.39, 0.29) is 33.7 Å². The molecule has 0 aliphatic heterocycles. The predicted octanol–water partition coefficient (Wildman–Crippen LogP) is 4.59. The highest BCUT2D eigenvalue weighted by molar-refractivity contribution is 7.95. The number of hydrogen-bond acceptors (Lipinski definition) is 13. The molecule has 0 saturated heterocycles. The van der Waals surface area contributed by atoms with Crippen LogP contribution in [0.3, 0.4) is 0 Å². The third-order valence-corrected chi connectivity index (χ3v) is 10.9. The number of nitrogen functional groups attached to an aromatic ring is 1. The van der Waals surface area contributed by atoms with Crippen molar-refractivity contribution in [3.8, 4) is 11.1 Å². The van der Waals surface area contributed by atoms with Gasteiger partial charge in [0, 0.05) is 16.8 Å². The maximum absolute atomic E-state index is 13.4. The molecule has 7 N–H and O–H groups in total. The van der Waals surface area contributed by atoms with Crippen molar-refractivity contribution in [2.75, 3.05) is 16.6 Å². The van der Waals surface area contributed by atoms with Gasteiger partial charge in [0.25, 0.3) is 30.4 Å². The molecule has 2 aliphatic rings. The van der Waals surface area contributed by atoms with Crippen molar-refractivity contribution in [2.45, 2.75) is 18.7 Å². The quantitative estimate of drug-likeness (QED) is 0.0812. The van der Waals surface area contributed by atoms with Gasteiger partial charge in [-0.3, -0.25) is 34.1 Å². The molecule has 0 atom stereocenters. The molecule has 0 aromatic heterocycles. The van der Waals surface area contributed by atoms with Gasteiger partial charge in [-0.15, -0.1) is 0 Å². The molecule has 16 nitrogen and oxygen atoms in total. The van der Waals surface area contributed by atoms with Gasteiger partial charge >= 0.3 is 0 Å². The Hall–Kier alpha value is -5.83. The molecule has 0 spiro atoms. The van der Waals surface area contributed by atoms with Crippen LogP contribution >= 0.6 is 0 Å². The SMILES string of the molecule is Cc1cc(-c2ccc(N/N=C3\C=C(S(=O)(=O)O)c4ccccc4C3=O)c(C)c2)ccc1N/N=C1/C(=O)c2c(N)cc(S(=O)(=O)O)cc2C=C1S(=O)(=O)O. The fourth-order valence-electron chi connectivity index (χ4n) is 5.70. The van der Waals surface area contributed by atoms with E-state index >= 15 is 0 Å². The molecule has 4 aromatic rings. The Morgan fingerprint density at radius 1 is 0.623 bits per heavy atom. The minimum atomic E-state index is -5.06. The number of carbonyl (C=O) groups is 2. The lowest BCUT2D eigenvalue weighted by Crippen LogP contribution is -2.28. The summed E-state index contributed by atoms with van der Waals surface area (Å²) in [6.07, 6.45) is 1.82. The van der Waals surface area contributed by atoms with E-state index in [1.807, 2.05) is 6.07 Å². The number of carbonyl (C=O) groups excluding carboxylic acids is 2. The highest BCUT2D eigenvalue weighted by Crippen LogP contribution is 2.34.